The van der Waals surface area contributed by atoms with Gasteiger partial charge in [-0.3, -0.25) is 0 Å². The first-order valence-corrected chi connectivity index (χ1v) is 4.91. The highest BCUT2D eigenvalue weighted by Gasteiger charge is 2.09. The molecule has 1 N–H and O–H groups in total. The number of aliphatic hydroxyl groups is 1. The van der Waals surface area contributed by atoms with Crippen LogP contribution in [-0.2, 0) is 4.74 Å². The normalized spacial score (nSPS) is 11.9. The monoisotopic (exact) mass is 221 g/mol. The van der Waals surface area contributed by atoms with E-state index in [-0.39, 0.29) is 6.61 Å². The summed E-state index contributed by atoms with van der Waals surface area (Å²) in [6.07, 6.45) is 1.01. The fourth-order valence-corrected chi connectivity index (χ4v) is 1.35. The largest absolute Gasteiger partial charge is 0.389 e. The van der Waals surface area contributed by atoms with Crippen LogP contribution in [0.4, 0.5) is 5.82 Å². The van der Waals surface area contributed by atoms with Crippen molar-refractivity contribution in [3.63, 3.8) is 0 Å². The summed E-state index contributed by atoms with van der Waals surface area (Å²) in [6.45, 7) is 0.692. The van der Waals surface area contributed by atoms with E-state index in [1.165, 1.54) is 7.11 Å². The summed E-state index contributed by atoms with van der Waals surface area (Å²) < 4.78 is 4.84. The van der Waals surface area contributed by atoms with Crippen molar-refractivity contribution in [2.24, 2.45) is 0 Å². The summed E-state index contributed by atoms with van der Waals surface area (Å²) in [5.41, 5.74) is 0.554. The van der Waals surface area contributed by atoms with Gasteiger partial charge in [-0.2, -0.15) is 5.26 Å². The second-order valence-electron chi connectivity index (χ2n) is 3.50. The van der Waals surface area contributed by atoms with Gasteiger partial charge in [0.2, 0.25) is 0 Å². The quantitative estimate of drug-likeness (QED) is 0.779. The molecule has 0 aromatic carbocycles. The van der Waals surface area contributed by atoms with Crippen LogP contribution >= 0.6 is 0 Å². The zero-order valence-electron chi connectivity index (χ0n) is 9.42. The molecule has 5 nitrogen and oxygen atoms in total. The van der Waals surface area contributed by atoms with Gasteiger partial charge in [-0.25, -0.2) is 4.98 Å². The van der Waals surface area contributed by atoms with Crippen molar-refractivity contribution in [1.82, 2.24) is 4.98 Å². The van der Waals surface area contributed by atoms with Crippen molar-refractivity contribution in [3.05, 3.63) is 23.9 Å². The Hall–Kier alpha value is -1.64. The van der Waals surface area contributed by atoms with Gasteiger partial charge in [0.1, 0.15) is 5.82 Å². The molecule has 1 atom stereocenters. The predicted molar refractivity (Wildman–Crippen MR) is 60.1 cm³/mol. The molecule has 0 spiro atoms. The maximum Gasteiger partial charge on any atom is 0.129 e. The third kappa shape index (κ3) is 3.50. The van der Waals surface area contributed by atoms with Gasteiger partial charge in [0.05, 0.1) is 24.3 Å². The van der Waals surface area contributed by atoms with Crippen LogP contribution in [0.25, 0.3) is 0 Å². The molecule has 0 aliphatic rings. The van der Waals surface area contributed by atoms with Gasteiger partial charge in [-0.15, -0.1) is 0 Å². The molecule has 0 saturated heterocycles. The number of pyridine rings is 1. The molecule has 0 aliphatic heterocycles. The minimum atomic E-state index is -0.567. The first-order valence-electron chi connectivity index (χ1n) is 4.91. The summed E-state index contributed by atoms with van der Waals surface area (Å²) in [5.74, 6) is 0.661. The van der Waals surface area contributed by atoms with Crippen LogP contribution in [0.5, 0.6) is 0 Å². The van der Waals surface area contributed by atoms with Crippen molar-refractivity contribution >= 4 is 5.82 Å². The van der Waals surface area contributed by atoms with Crippen molar-refractivity contribution in [2.45, 2.75) is 6.10 Å². The molecule has 1 unspecified atom stereocenters. The molecule has 1 heterocycles. The maximum absolute atomic E-state index is 9.55. The van der Waals surface area contributed by atoms with Crippen molar-refractivity contribution < 1.29 is 9.84 Å². The Bertz CT molecular complexity index is 376. The van der Waals surface area contributed by atoms with E-state index in [0.29, 0.717) is 17.9 Å². The molecule has 1 aromatic rings. The minimum absolute atomic E-state index is 0.280. The Balaban J connectivity index is 2.65. The number of anilines is 1. The lowest BCUT2D eigenvalue weighted by atomic mass is 10.2. The Morgan fingerprint density at radius 1 is 1.69 bits per heavy atom. The third-order valence-electron chi connectivity index (χ3n) is 2.11. The molecule has 1 aromatic heterocycles. The van der Waals surface area contributed by atoms with E-state index in [1.807, 2.05) is 13.1 Å². The van der Waals surface area contributed by atoms with E-state index in [2.05, 4.69) is 4.98 Å². The van der Waals surface area contributed by atoms with E-state index in [4.69, 9.17) is 10.00 Å². The number of likely N-dealkylation sites (N-methyl/N-ethyl adjacent to an activating group) is 1. The first kappa shape index (κ1) is 12.4. The van der Waals surface area contributed by atoms with E-state index >= 15 is 0 Å². The van der Waals surface area contributed by atoms with Crippen LogP contribution in [0, 0.1) is 11.3 Å². The van der Waals surface area contributed by atoms with Gasteiger partial charge in [0.15, 0.2) is 0 Å². The SMILES string of the molecule is COCC(O)CN(C)c1cc(C#N)ccn1. The highest BCUT2D eigenvalue weighted by Crippen LogP contribution is 2.10. The molecular weight excluding hydrogens is 206 g/mol. The van der Waals surface area contributed by atoms with Crippen LogP contribution < -0.4 is 4.90 Å². The van der Waals surface area contributed by atoms with E-state index < -0.39 is 6.10 Å². The maximum atomic E-state index is 9.55. The molecule has 5 heteroatoms. The molecule has 0 amide bonds. The molecule has 0 saturated carbocycles. The predicted octanol–water partition coefficient (Wildman–Crippen LogP) is 0.397. The summed E-state index contributed by atoms with van der Waals surface area (Å²) in [6, 6.07) is 5.37. The average molecular weight is 221 g/mol. The fourth-order valence-electron chi connectivity index (χ4n) is 1.35. The van der Waals surface area contributed by atoms with Crippen molar-refractivity contribution in [3.8, 4) is 6.07 Å². The zero-order valence-corrected chi connectivity index (χ0v) is 9.42. The Morgan fingerprint density at radius 3 is 3.06 bits per heavy atom. The third-order valence-corrected chi connectivity index (χ3v) is 2.11. The Kier molecular flexibility index (Phi) is 4.70. The zero-order chi connectivity index (χ0) is 12.0. The number of hydrogen-bond donors (Lipinski definition) is 1. The molecule has 0 aliphatic carbocycles. The van der Waals surface area contributed by atoms with Gasteiger partial charge >= 0.3 is 0 Å². The van der Waals surface area contributed by atoms with E-state index in [9.17, 15) is 5.11 Å². The van der Waals surface area contributed by atoms with Crippen LogP contribution in [0.1, 0.15) is 5.56 Å². The standard InChI is InChI=1S/C11H15N3O2/c1-14(7-10(15)8-16-2)11-5-9(6-12)3-4-13-11/h3-5,10,15H,7-8H2,1-2H3. The number of hydrogen-bond acceptors (Lipinski definition) is 5. The Morgan fingerprint density at radius 2 is 2.44 bits per heavy atom. The first-order chi connectivity index (χ1) is 7.67. The second-order valence-corrected chi connectivity index (χ2v) is 3.50. The molecule has 1 rings (SSSR count). The minimum Gasteiger partial charge on any atom is -0.389 e. The van der Waals surface area contributed by atoms with Crippen LogP contribution in [0.15, 0.2) is 18.3 Å². The average Bonchev–Trinajstić information content (AvgIpc) is 2.29. The van der Waals surface area contributed by atoms with Crippen molar-refractivity contribution in [2.75, 3.05) is 32.2 Å². The van der Waals surface area contributed by atoms with Crippen LogP contribution in [0.3, 0.4) is 0 Å². The highest BCUT2D eigenvalue weighted by molar-refractivity contribution is 5.44. The number of aliphatic hydroxyl groups excluding tert-OH is 1. The van der Waals surface area contributed by atoms with Gasteiger partial charge in [0, 0.05) is 26.9 Å². The summed E-state index contributed by atoms with van der Waals surface area (Å²) in [4.78, 5) is 5.91. The number of methoxy groups -OCH3 is 1. The van der Waals surface area contributed by atoms with Gasteiger partial charge in [0.25, 0.3) is 0 Å². The molecule has 0 fully saturated rings. The van der Waals surface area contributed by atoms with Gasteiger partial charge in [-0.1, -0.05) is 0 Å². The molecule has 86 valence electrons. The number of nitriles is 1. The Labute approximate surface area is 94.9 Å². The lowest BCUT2D eigenvalue weighted by Gasteiger charge is -2.21. The number of aromatic nitrogens is 1. The fraction of sp³-hybridized carbons (Fsp3) is 0.455. The molecule has 16 heavy (non-hydrogen) atoms. The highest BCUT2D eigenvalue weighted by atomic mass is 16.5. The van der Waals surface area contributed by atoms with E-state index in [0.717, 1.165) is 0 Å². The summed E-state index contributed by atoms with van der Waals surface area (Å²) in [7, 11) is 3.35. The van der Waals surface area contributed by atoms with Crippen LogP contribution in [0.2, 0.25) is 0 Å². The molecule has 0 bridgehead atoms. The number of ether oxygens (including phenoxy) is 1. The van der Waals surface area contributed by atoms with E-state index in [1.54, 1.807) is 23.2 Å². The molecule has 0 radical (unpaired) electrons. The summed E-state index contributed by atoms with van der Waals surface area (Å²) in [5, 5.41) is 18.3. The smallest absolute Gasteiger partial charge is 0.129 e. The van der Waals surface area contributed by atoms with Crippen molar-refractivity contribution in [1.29, 1.82) is 5.26 Å². The van der Waals surface area contributed by atoms with Gasteiger partial charge in [-0.05, 0) is 12.1 Å². The topological polar surface area (TPSA) is 69.4 Å². The van der Waals surface area contributed by atoms with Crippen LogP contribution in [-0.4, -0.2) is 43.5 Å². The summed E-state index contributed by atoms with van der Waals surface area (Å²) >= 11 is 0. The lowest BCUT2D eigenvalue weighted by molar-refractivity contribution is 0.0694. The number of nitrogens with zero attached hydrogens (tertiary/aromatic N) is 3. The number of rotatable bonds is 5. The second kappa shape index (κ2) is 6.05. The lowest BCUT2D eigenvalue weighted by Crippen LogP contribution is -2.32. The van der Waals surface area contributed by atoms with Gasteiger partial charge < -0.3 is 14.7 Å². The molecular formula is C11H15N3O2.